The monoisotopic (exact) mass is 316 g/mol. The Kier molecular flexibility index (Phi) is 16.6. The molecule has 20 heavy (non-hydrogen) atoms. The number of unbranched alkanes of at least 4 members (excludes halogenated alkanes) is 2. The standard InChI is InChI=1S/C10H14OS2.C5H12.C2H6/c1-7-3-8(5-12)4-9(6-13-2)10(7)11;1-3-5-4-2;1-2/h3-4,11-12H,5-6H2,1-2H3;3-5H2,1-2H3;1-2H3. The molecule has 0 saturated carbocycles. The van der Waals surface area contributed by atoms with E-state index in [-0.39, 0.29) is 0 Å². The highest BCUT2D eigenvalue weighted by molar-refractivity contribution is 7.97. The average molecular weight is 317 g/mol. The van der Waals surface area contributed by atoms with Gasteiger partial charge in [0.25, 0.3) is 0 Å². The summed E-state index contributed by atoms with van der Waals surface area (Å²) >= 11 is 5.93. The molecule has 0 amide bonds. The number of aromatic hydroxyl groups is 1. The number of benzene rings is 1. The Morgan fingerprint density at radius 2 is 1.70 bits per heavy atom. The molecule has 0 aliphatic rings. The molecule has 0 aliphatic carbocycles. The van der Waals surface area contributed by atoms with Crippen LogP contribution in [0.25, 0.3) is 0 Å². The van der Waals surface area contributed by atoms with Crippen molar-refractivity contribution in [3.8, 4) is 5.75 Å². The van der Waals surface area contributed by atoms with E-state index in [9.17, 15) is 5.11 Å². The number of rotatable bonds is 5. The lowest BCUT2D eigenvalue weighted by Gasteiger charge is -2.08. The summed E-state index contributed by atoms with van der Waals surface area (Å²) in [5.74, 6) is 2.01. The first-order valence-electron chi connectivity index (χ1n) is 7.51. The number of thiol groups is 1. The minimum atomic E-state index is 0.430. The fraction of sp³-hybridized carbons (Fsp3) is 0.647. The molecule has 118 valence electrons. The molecule has 0 saturated heterocycles. The second kappa shape index (κ2) is 15.1. The minimum Gasteiger partial charge on any atom is -0.507 e. The number of aryl methyl sites for hydroxylation is 1. The lowest BCUT2D eigenvalue weighted by atomic mass is 10.1. The lowest BCUT2D eigenvalue weighted by molar-refractivity contribution is 0.466. The third-order valence-corrected chi connectivity index (χ3v) is 3.59. The van der Waals surface area contributed by atoms with Crippen molar-refractivity contribution in [2.24, 2.45) is 0 Å². The van der Waals surface area contributed by atoms with Crippen LogP contribution in [-0.4, -0.2) is 11.4 Å². The maximum Gasteiger partial charge on any atom is 0.122 e. The van der Waals surface area contributed by atoms with E-state index in [1.807, 2.05) is 39.2 Å². The molecule has 1 rings (SSSR count). The number of phenols is 1. The third kappa shape index (κ3) is 9.60. The zero-order valence-electron chi connectivity index (χ0n) is 14.0. The Hall–Kier alpha value is -0.280. The molecule has 1 nitrogen and oxygen atoms in total. The fourth-order valence-electron chi connectivity index (χ4n) is 1.64. The van der Waals surface area contributed by atoms with Crippen LogP contribution in [0.1, 0.15) is 63.6 Å². The Balaban J connectivity index is 0. The van der Waals surface area contributed by atoms with Crippen molar-refractivity contribution < 1.29 is 5.11 Å². The summed E-state index contributed by atoms with van der Waals surface area (Å²) in [5, 5.41) is 9.71. The smallest absolute Gasteiger partial charge is 0.122 e. The van der Waals surface area contributed by atoms with Crippen LogP contribution < -0.4 is 0 Å². The molecule has 3 heteroatoms. The highest BCUT2D eigenvalue weighted by Crippen LogP contribution is 2.27. The maximum absolute atomic E-state index is 9.71. The summed E-state index contributed by atoms with van der Waals surface area (Å²) in [5.41, 5.74) is 3.12. The van der Waals surface area contributed by atoms with Crippen molar-refractivity contribution >= 4 is 24.4 Å². The number of phenolic OH excluding ortho intramolecular Hbond substituents is 1. The third-order valence-electron chi connectivity index (χ3n) is 2.63. The van der Waals surface area contributed by atoms with Gasteiger partial charge in [0.05, 0.1) is 0 Å². The van der Waals surface area contributed by atoms with Gasteiger partial charge < -0.3 is 5.11 Å². The number of thioether (sulfide) groups is 1. The zero-order valence-corrected chi connectivity index (χ0v) is 15.7. The zero-order chi connectivity index (χ0) is 16.0. The van der Waals surface area contributed by atoms with Gasteiger partial charge in [-0.25, -0.2) is 0 Å². The Bertz CT molecular complexity index is 336. The van der Waals surface area contributed by atoms with Crippen molar-refractivity contribution in [2.75, 3.05) is 6.26 Å². The van der Waals surface area contributed by atoms with E-state index < -0.39 is 0 Å². The summed E-state index contributed by atoms with van der Waals surface area (Å²) < 4.78 is 0. The molecular formula is C17H32OS2. The van der Waals surface area contributed by atoms with E-state index in [4.69, 9.17) is 0 Å². The summed E-state index contributed by atoms with van der Waals surface area (Å²) in [6.45, 7) is 10.3. The normalized spacial score (nSPS) is 9.15. The van der Waals surface area contributed by atoms with Crippen LogP contribution in [0, 0.1) is 6.92 Å². The van der Waals surface area contributed by atoms with Crippen LogP contribution in [0.4, 0.5) is 0 Å². The Morgan fingerprint density at radius 1 is 1.15 bits per heavy atom. The van der Waals surface area contributed by atoms with E-state index in [2.05, 4.69) is 26.5 Å². The Morgan fingerprint density at radius 3 is 2.05 bits per heavy atom. The van der Waals surface area contributed by atoms with Crippen molar-refractivity contribution in [3.63, 3.8) is 0 Å². The van der Waals surface area contributed by atoms with Gasteiger partial charge in [-0.2, -0.15) is 24.4 Å². The van der Waals surface area contributed by atoms with E-state index >= 15 is 0 Å². The van der Waals surface area contributed by atoms with Crippen LogP contribution in [0.15, 0.2) is 12.1 Å². The summed E-state index contributed by atoms with van der Waals surface area (Å²) in [4.78, 5) is 0. The number of hydrogen-bond donors (Lipinski definition) is 2. The van der Waals surface area contributed by atoms with E-state index in [0.717, 1.165) is 22.6 Å². The van der Waals surface area contributed by atoms with Crippen molar-refractivity contribution in [3.05, 3.63) is 28.8 Å². The first-order valence-corrected chi connectivity index (χ1v) is 9.54. The van der Waals surface area contributed by atoms with Gasteiger partial charge in [-0.15, -0.1) is 0 Å². The fourth-order valence-corrected chi connectivity index (χ4v) is 2.36. The maximum atomic E-state index is 9.71. The molecular weight excluding hydrogens is 284 g/mol. The van der Waals surface area contributed by atoms with Gasteiger partial charge in [-0.05, 0) is 24.3 Å². The largest absolute Gasteiger partial charge is 0.507 e. The first kappa shape index (κ1) is 22.0. The quantitative estimate of drug-likeness (QED) is 0.629. The van der Waals surface area contributed by atoms with Crippen molar-refractivity contribution in [1.29, 1.82) is 0 Å². The average Bonchev–Trinajstić information content (AvgIpc) is 2.47. The van der Waals surface area contributed by atoms with Gasteiger partial charge in [-0.1, -0.05) is 59.1 Å². The molecule has 1 aromatic carbocycles. The van der Waals surface area contributed by atoms with Gasteiger partial charge in [0.2, 0.25) is 0 Å². The van der Waals surface area contributed by atoms with Crippen LogP contribution in [0.2, 0.25) is 0 Å². The van der Waals surface area contributed by atoms with E-state index in [1.54, 1.807) is 11.8 Å². The molecule has 0 radical (unpaired) electrons. The molecule has 1 aromatic rings. The van der Waals surface area contributed by atoms with Crippen LogP contribution in [-0.2, 0) is 11.5 Å². The Labute approximate surface area is 136 Å². The predicted octanol–water partition coefficient (Wildman–Crippen LogP) is 6.22. The summed E-state index contributed by atoms with van der Waals surface area (Å²) in [6.07, 6.45) is 6.11. The minimum absolute atomic E-state index is 0.430. The van der Waals surface area contributed by atoms with Crippen LogP contribution in [0.3, 0.4) is 0 Å². The highest BCUT2D eigenvalue weighted by Gasteiger charge is 2.05. The van der Waals surface area contributed by atoms with E-state index in [1.165, 1.54) is 24.8 Å². The molecule has 1 N–H and O–H groups in total. The molecule has 0 fully saturated rings. The number of hydrogen-bond acceptors (Lipinski definition) is 3. The summed E-state index contributed by atoms with van der Waals surface area (Å²) in [7, 11) is 0. The SMILES string of the molecule is CC.CCCCC.CSCc1cc(CS)cc(C)c1O. The molecule has 0 aromatic heterocycles. The topological polar surface area (TPSA) is 20.2 Å². The second-order valence-corrected chi connectivity index (χ2v) is 5.55. The van der Waals surface area contributed by atoms with Crippen LogP contribution >= 0.6 is 24.4 Å². The van der Waals surface area contributed by atoms with Gasteiger partial charge in [0, 0.05) is 17.1 Å². The molecule has 0 unspecified atom stereocenters. The lowest BCUT2D eigenvalue weighted by Crippen LogP contribution is -1.89. The highest BCUT2D eigenvalue weighted by atomic mass is 32.2. The van der Waals surface area contributed by atoms with Gasteiger partial charge in [0.15, 0.2) is 0 Å². The molecule has 0 aliphatic heterocycles. The van der Waals surface area contributed by atoms with Crippen LogP contribution in [0.5, 0.6) is 5.75 Å². The predicted molar refractivity (Wildman–Crippen MR) is 99.3 cm³/mol. The van der Waals surface area contributed by atoms with Crippen molar-refractivity contribution in [1.82, 2.24) is 0 Å². The molecule has 0 spiro atoms. The van der Waals surface area contributed by atoms with Crippen molar-refractivity contribution in [2.45, 2.75) is 65.4 Å². The molecule has 0 heterocycles. The van der Waals surface area contributed by atoms with Gasteiger partial charge in [0.1, 0.15) is 5.75 Å². The summed E-state index contributed by atoms with van der Waals surface area (Å²) in [6, 6.07) is 4.00. The first-order chi connectivity index (χ1) is 9.60. The van der Waals surface area contributed by atoms with Gasteiger partial charge >= 0.3 is 0 Å². The van der Waals surface area contributed by atoms with E-state index in [0.29, 0.717) is 5.75 Å². The van der Waals surface area contributed by atoms with Gasteiger partial charge in [-0.3, -0.25) is 0 Å². The molecule has 0 atom stereocenters. The second-order valence-electron chi connectivity index (χ2n) is 4.37. The molecule has 0 bridgehead atoms.